The van der Waals surface area contributed by atoms with Crippen LogP contribution in [-0.4, -0.2) is 69.0 Å². The summed E-state index contributed by atoms with van der Waals surface area (Å²) in [6.45, 7) is 9.42. The van der Waals surface area contributed by atoms with E-state index < -0.39 is 21.1 Å². The molecular weight excluding hydrogens is 423 g/mol. The van der Waals surface area contributed by atoms with Crippen LogP contribution < -0.4 is 14.9 Å². The molecule has 10 heteroatoms. The van der Waals surface area contributed by atoms with Crippen molar-refractivity contribution in [1.29, 1.82) is 0 Å². The third kappa shape index (κ3) is 6.08. The van der Waals surface area contributed by atoms with E-state index in [0.29, 0.717) is 39.0 Å². The minimum absolute atomic E-state index is 0.0686. The van der Waals surface area contributed by atoms with Crippen molar-refractivity contribution >= 4 is 27.4 Å². The summed E-state index contributed by atoms with van der Waals surface area (Å²) in [6.07, 6.45) is 1.18. The number of urea groups is 1. The predicted octanol–water partition coefficient (Wildman–Crippen LogP) is 2.76. The molecule has 0 aromatic heterocycles. The maximum atomic E-state index is 14.7. The summed E-state index contributed by atoms with van der Waals surface area (Å²) in [4.78, 5) is 16.2. The Bertz CT molecular complexity index is 877. The van der Waals surface area contributed by atoms with Crippen LogP contribution in [0, 0.1) is 5.82 Å². The number of hydrogen-bond donors (Lipinski definition) is 2. The molecule has 0 radical (unpaired) electrons. The Morgan fingerprint density at radius 2 is 1.77 bits per heavy atom. The first-order chi connectivity index (χ1) is 14.5. The molecule has 8 nitrogen and oxygen atoms in total. The van der Waals surface area contributed by atoms with Crippen LogP contribution in [0.15, 0.2) is 18.2 Å². The zero-order valence-corrected chi connectivity index (χ0v) is 19.4. The molecule has 2 unspecified atom stereocenters. The second kappa shape index (κ2) is 9.70. The van der Waals surface area contributed by atoms with Crippen molar-refractivity contribution in [2.24, 2.45) is 0 Å². The third-order valence-corrected chi connectivity index (χ3v) is 7.62. The standard InChI is InChI=1S/C21H33FN4O4S/c1-14(2)31(28,29)24-17-7-9-25(10-8-17)21(27)23-20-6-5-18(11-19(20)22)26-12-15(3)30-16(4)13-26/h5-6,11,14-17,24H,7-10,12-13H2,1-4H3,(H,23,27). The van der Waals surface area contributed by atoms with E-state index in [1.54, 1.807) is 30.9 Å². The van der Waals surface area contributed by atoms with Crippen LogP contribution in [0.5, 0.6) is 0 Å². The molecule has 2 aliphatic rings. The van der Waals surface area contributed by atoms with Gasteiger partial charge in [0, 0.05) is 37.9 Å². The van der Waals surface area contributed by atoms with Crippen molar-refractivity contribution < 1.29 is 22.3 Å². The number of carbonyl (C=O) groups excluding carboxylic acids is 1. The van der Waals surface area contributed by atoms with Gasteiger partial charge in [0.15, 0.2) is 0 Å². The lowest BCUT2D eigenvalue weighted by Crippen LogP contribution is -2.48. The number of anilines is 2. The number of sulfonamides is 1. The molecule has 0 bridgehead atoms. The lowest BCUT2D eigenvalue weighted by molar-refractivity contribution is -0.00523. The summed E-state index contributed by atoms with van der Waals surface area (Å²) in [6, 6.07) is 4.25. The molecule has 174 valence electrons. The van der Waals surface area contributed by atoms with E-state index in [1.165, 1.54) is 6.07 Å². The molecule has 2 heterocycles. The number of ether oxygens (including phenoxy) is 1. The fraction of sp³-hybridized carbons (Fsp3) is 0.667. The zero-order valence-electron chi connectivity index (χ0n) is 18.6. The Hall–Kier alpha value is -1.91. The SMILES string of the molecule is CC1CN(c2ccc(NC(=O)N3CCC(NS(=O)(=O)C(C)C)CC3)c(F)c2)CC(C)O1. The van der Waals surface area contributed by atoms with Gasteiger partial charge in [-0.15, -0.1) is 0 Å². The largest absolute Gasteiger partial charge is 0.372 e. The van der Waals surface area contributed by atoms with E-state index in [9.17, 15) is 17.6 Å². The van der Waals surface area contributed by atoms with Gasteiger partial charge in [0.05, 0.1) is 23.1 Å². The molecule has 0 saturated carbocycles. The average Bonchev–Trinajstić information content (AvgIpc) is 2.69. The van der Waals surface area contributed by atoms with Gasteiger partial charge < -0.3 is 19.9 Å². The molecule has 2 atom stereocenters. The number of likely N-dealkylation sites (tertiary alicyclic amines) is 1. The van der Waals surface area contributed by atoms with Gasteiger partial charge in [0.2, 0.25) is 10.0 Å². The Labute approximate surface area is 184 Å². The normalized spacial score (nSPS) is 23.3. The average molecular weight is 457 g/mol. The number of nitrogens with one attached hydrogen (secondary N) is 2. The van der Waals surface area contributed by atoms with E-state index in [0.717, 1.165) is 5.69 Å². The van der Waals surface area contributed by atoms with Crippen molar-refractivity contribution in [3.8, 4) is 0 Å². The van der Waals surface area contributed by atoms with E-state index in [1.807, 2.05) is 13.8 Å². The minimum atomic E-state index is -3.34. The van der Waals surface area contributed by atoms with Gasteiger partial charge in [-0.25, -0.2) is 22.3 Å². The molecule has 1 aromatic carbocycles. The van der Waals surface area contributed by atoms with Gasteiger partial charge in [0.1, 0.15) is 5.82 Å². The molecule has 1 aromatic rings. The molecular formula is C21H33FN4O4S. The van der Waals surface area contributed by atoms with Crippen LogP contribution in [0.3, 0.4) is 0 Å². The van der Waals surface area contributed by atoms with Crippen LogP contribution in [0.25, 0.3) is 0 Å². The molecule has 2 aliphatic heterocycles. The van der Waals surface area contributed by atoms with E-state index in [2.05, 4.69) is 14.9 Å². The Balaban J connectivity index is 1.55. The van der Waals surface area contributed by atoms with Crippen LogP contribution in [0.4, 0.5) is 20.6 Å². The maximum Gasteiger partial charge on any atom is 0.321 e. The number of hydrogen-bond acceptors (Lipinski definition) is 5. The second-order valence-electron chi connectivity index (χ2n) is 8.73. The van der Waals surface area contributed by atoms with Crippen molar-refractivity contribution in [3.05, 3.63) is 24.0 Å². The number of carbonyl (C=O) groups is 1. The summed E-state index contributed by atoms with van der Waals surface area (Å²) in [5.74, 6) is -0.489. The first-order valence-electron chi connectivity index (χ1n) is 10.8. The summed E-state index contributed by atoms with van der Waals surface area (Å²) in [5.41, 5.74) is 0.890. The first kappa shape index (κ1) is 23.7. The topological polar surface area (TPSA) is 91.0 Å². The molecule has 0 aliphatic carbocycles. The summed E-state index contributed by atoms with van der Waals surface area (Å²) >= 11 is 0. The smallest absolute Gasteiger partial charge is 0.321 e. The van der Waals surface area contributed by atoms with Crippen LogP contribution in [-0.2, 0) is 14.8 Å². The Morgan fingerprint density at radius 1 is 1.16 bits per heavy atom. The van der Waals surface area contributed by atoms with Gasteiger partial charge in [-0.1, -0.05) is 0 Å². The van der Waals surface area contributed by atoms with E-state index >= 15 is 0 Å². The quantitative estimate of drug-likeness (QED) is 0.711. The Kier molecular flexibility index (Phi) is 7.43. The van der Waals surface area contributed by atoms with Crippen molar-refractivity contribution in [3.63, 3.8) is 0 Å². The van der Waals surface area contributed by atoms with Gasteiger partial charge in [0.25, 0.3) is 0 Å². The predicted molar refractivity (Wildman–Crippen MR) is 119 cm³/mol. The van der Waals surface area contributed by atoms with Gasteiger partial charge in [-0.3, -0.25) is 0 Å². The van der Waals surface area contributed by atoms with Crippen molar-refractivity contribution in [1.82, 2.24) is 9.62 Å². The van der Waals surface area contributed by atoms with Crippen molar-refractivity contribution in [2.45, 2.75) is 64.0 Å². The van der Waals surface area contributed by atoms with Crippen molar-refractivity contribution in [2.75, 3.05) is 36.4 Å². The van der Waals surface area contributed by atoms with Gasteiger partial charge in [-0.05, 0) is 58.7 Å². The fourth-order valence-corrected chi connectivity index (χ4v) is 4.93. The number of rotatable bonds is 5. The van der Waals surface area contributed by atoms with Crippen LogP contribution in [0.2, 0.25) is 0 Å². The summed E-state index contributed by atoms with van der Waals surface area (Å²) in [5, 5.41) is 2.14. The number of morpholine rings is 1. The molecule has 2 fully saturated rings. The summed E-state index contributed by atoms with van der Waals surface area (Å²) in [7, 11) is -3.34. The van der Waals surface area contributed by atoms with Crippen LogP contribution in [0.1, 0.15) is 40.5 Å². The Morgan fingerprint density at radius 3 is 2.32 bits per heavy atom. The highest BCUT2D eigenvalue weighted by molar-refractivity contribution is 7.90. The highest BCUT2D eigenvalue weighted by Crippen LogP contribution is 2.25. The van der Waals surface area contributed by atoms with E-state index in [4.69, 9.17) is 4.74 Å². The second-order valence-corrected chi connectivity index (χ2v) is 11.0. The lowest BCUT2D eigenvalue weighted by Gasteiger charge is -2.37. The molecule has 2 amide bonds. The minimum Gasteiger partial charge on any atom is -0.372 e. The monoisotopic (exact) mass is 456 g/mol. The number of halogens is 1. The molecule has 2 saturated heterocycles. The highest BCUT2D eigenvalue weighted by Gasteiger charge is 2.28. The van der Waals surface area contributed by atoms with Crippen LogP contribution >= 0.6 is 0 Å². The van der Waals surface area contributed by atoms with Gasteiger partial charge >= 0.3 is 6.03 Å². The van der Waals surface area contributed by atoms with E-state index in [-0.39, 0.29) is 30.0 Å². The molecule has 2 N–H and O–H groups in total. The maximum absolute atomic E-state index is 14.7. The first-order valence-corrected chi connectivity index (χ1v) is 12.4. The molecule has 0 spiro atoms. The number of nitrogens with zero attached hydrogens (tertiary/aromatic N) is 2. The number of benzene rings is 1. The molecule has 31 heavy (non-hydrogen) atoms. The number of piperidine rings is 1. The van der Waals surface area contributed by atoms with Gasteiger partial charge in [-0.2, -0.15) is 0 Å². The molecule has 3 rings (SSSR count). The third-order valence-electron chi connectivity index (χ3n) is 5.71. The number of amides is 2. The fourth-order valence-electron chi connectivity index (χ4n) is 3.95. The zero-order chi connectivity index (χ0) is 22.8. The summed E-state index contributed by atoms with van der Waals surface area (Å²) < 4.78 is 47.1. The lowest BCUT2D eigenvalue weighted by atomic mass is 10.1. The highest BCUT2D eigenvalue weighted by atomic mass is 32.2.